The monoisotopic (exact) mass is 1030 g/mol. The Kier molecular flexibility index (Phi) is 16.3. The van der Waals surface area contributed by atoms with E-state index in [1.165, 1.54) is 15.6 Å². The number of aryl methyl sites for hydroxylation is 2. The van der Waals surface area contributed by atoms with E-state index in [1.807, 2.05) is 97.1 Å². The molecule has 0 atom stereocenters. The highest BCUT2D eigenvalue weighted by Gasteiger charge is 2.61. The Balaban J connectivity index is 0.000000194. The van der Waals surface area contributed by atoms with Gasteiger partial charge in [-0.05, 0) is 60.4 Å². The zero-order valence-electron chi connectivity index (χ0n) is 39.5. The lowest BCUT2D eigenvalue weighted by Crippen LogP contribution is -3.00. The molecule has 0 radical (unpaired) electrons. The minimum atomic E-state index is -0.960. The van der Waals surface area contributed by atoms with E-state index in [-0.39, 0.29) is 44.8 Å². The van der Waals surface area contributed by atoms with Crippen molar-refractivity contribution in [3.05, 3.63) is 203 Å². The van der Waals surface area contributed by atoms with Gasteiger partial charge in [-0.25, -0.2) is 0 Å². The van der Waals surface area contributed by atoms with Crippen LogP contribution in [0, 0.1) is 24.7 Å². The van der Waals surface area contributed by atoms with Crippen molar-refractivity contribution in [3.63, 3.8) is 0 Å². The molecule has 8 heteroatoms. The number of hydrogen-bond donors (Lipinski definition) is 2. The predicted molar refractivity (Wildman–Crippen MR) is 262 cm³/mol. The van der Waals surface area contributed by atoms with Gasteiger partial charge in [0.25, 0.3) is 0 Å². The van der Waals surface area contributed by atoms with Crippen molar-refractivity contribution in [1.82, 2.24) is 0 Å². The Morgan fingerprint density at radius 3 is 1.13 bits per heavy atom. The van der Waals surface area contributed by atoms with Gasteiger partial charge in [0.05, 0.1) is 52.4 Å². The molecule has 6 heterocycles. The molecule has 0 unspecified atom stereocenters. The molecule has 12 rings (SSSR count). The SMILES string of the molecule is Cc1cccc(C(O)(c2cccc(C)c2)C23CC[N+](CCCOc4ccccc4)(CC2)CC3)c1.OC(c1ccccc1)(c1ccccc1)C12CC[N+](CCOc3ccccc3)(CC1)CC2.[Br-].[Br-]. The summed E-state index contributed by atoms with van der Waals surface area (Å²) >= 11 is 0. The van der Waals surface area contributed by atoms with Crippen LogP contribution in [0.15, 0.2) is 170 Å². The second-order valence-electron chi connectivity index (χ2n) is 20.1. The fourth-order valence-electron chi connectivity index (χ4n) is 12.5. The van der Waals surface area contributed by atoms with Gasteiger partial charge in [-0.2, -0.15) is 0 Å². The Hall–Kier alpha value is -4.28. The maximum atomic E-state index is 12.7. The lowest BCUT2D eigenvalue weighted by molar-refractivity contribution is -0.946. The predicted octanol–water partition coefficient (Wildman–Crippen LogP) is 5.02. The molecule has 6 saturated heterocycles. The first-order valence-electron chi connectivity index (χ1n) is 24.4. The van der Waals surface area contributed by atoms with Crippen molar-refractivity contribution in [3.8, 4) is 11.5 Å². The van der Waals surface area contributed by atoms with E-state index < -0.39 is 11.2 Å². The number of aliphatic hydroxyl groups is 2. The summed E-state index contributed by atoms with van der Waals surface area (Å²) in [5.41, 5.74) is 4.42. The van der Waals surface area contributed by atoms with E-state index in [1.54, 1.807) is 0 Å². The molecule has 2 N–H and O–H groups in total. The molecule has 0 aromatic heterocycles. The molecular weight excluding hydrogens is 960 g/mol. The molecule has 6 nitrogen and oxygen atoms in total. The van der Waals surface area contributed by atoms with Crippen LogP contribution in [-0.2, 0) is 11.2 Å². The quantitative estimate of drug-likeness (QED) is 0.112. The van der Waals surface area contributed by atoms with Crippen molar-refractivity contribution in [2.75, 3.05) is 65.6 Å². The maximum absolute atomic E-state index is 12.7. The van der Waals surface area contributed by atoms with Crippen LogP contribution >= 0.6 is 0 Å². The number of halogens is 2. The van der Waals surface area contributed by atoms with Crippen molar-refractivity contribution in [2.45, 2.75) is 70.0 Å². The van der Waals surface area contributed by atoms with Crippen LogP contribution in [0.5, 0.6) is 11.5 Å². The number of ether oxygens (including phenoxy) is 2. The molecule has 67 heavy (non-hydrogen) atoms. The Morgan fingerprint density at radius 1 is 0.418 bits per heavy atom. The van der Waals surface area contributed by atoms with Crippen LogP contribution in [0.3, 0.4) is 0 Å². The topological polar surface area (TPSA) is 58.9 Å². The number of nitrogens with zero attached hydrogens (tertiary/aromatic N) is 2. The van der Waals surface area contributed by atoms with Crippen LogP contribution in [0.1, 0.15) is 78.3 Å². The first-order chi connectivity index (χ1) is 31.6. The summed E-state index contributed by atoms with van der Waals surface area (Å²) in [7, 11) is 0. The van der Waals surface area contributed by atoms with E-state index in [9.17, 15) is 10.2 Å². The largest absolute Gasteiger partial charge is 1.00 e. The summed E-state index contributed by atoms with van der Waals surface area (Å²) in [4.78, 5) is 0. The number of rotatable bonds is 15. The van der Waals surface area contributed by atoms with Crippen molar-refractivity contribution >= 4 is 0 Å². The van der Waals surface area contributed by atoms with E-state index >= 15 is 0 Å². The highest BCUT2D eigenvalue weighted by atomic mass is 79.9. The van der Waals surface area contributed by atoms with Gasteiger partial charge < -0.3 is 62.6 Å². The number of piperidine rings is 6. The minimum absolute atomic E-state index is 0. The Bertz CT molecular complexity index is 2340. The highest BCUT2D eigenvalue weighted by molar-refractivity contribution is 5.43. The van der Waals surface area contributed by atoms with Crippen LogP contribution in [0.2, 0.25) is 0 Å². The Morgan fingerprint density at radius 2 is 0.746 bits per heavy atom. The summed E-state index contributed by atoms with van der Waals surface area (Å²) in [6.07, 6.45) is 7.37. The number of quaternary nitrogens is 2. The molecule has 6 fully saturated rings. The van der Waals surface area contributed by atoms with Gasteiger partial charge in [-0.15, -0.1) is 0 Å². The van der Waals surface area contributed by atoms with Crippen molar-refractivity contribution in [1.29, 1.82) is 0 Å². The van der Waals surface area contributed by atoms with Gasteiger partial charge in [0.2, 0.25) is 0 Å². The van der Waals surface area contributed by atoms with Crippen LogP contribution in [0.4, 0.5) is 0 Å². The summed E-state index contributed by atoms with van der Waals surface area (Å²) in [5, 5.41) is 25.1. The lowest BCUT2D eigenvalue weighted by atomic mass is 9.56. The number of hydrogen-bond acceptors (Lipinski definition) is 4. The third-order valence-corrected chi connectivity index (χ3v) is 16.5. The van der Waals surface area contributed by atoms with Crippen molar-refractivity contribution in [2.24, 2.45) is 10.8 Å². The van der Waals surface area contributed by atoms with Gasteiger partial charge >= 0.3 is 0 Å². The third-order valence-electron chi connectivity index (χ3n) is 16.5. The van der Waals surface area contributed by atoms with E-state index in [0.717, 1.165) is 149 Å². The Labute approximate surface area is 421 Å². The number of fused-ring (bicyclic) bond motifs is 6. The molecule has 4 bridgehead atoms. The zero-order valence-corrected chi connectivity index (χ0v) is 42.7. The second kappa shape index (κ2) is 21.6. The average Bonchev–Trinajstić information content (AvgIpc) is 3.37. The third kappa shape index (κ3) is 10.2. The first kappa shape index (κ1) is 50.6. The summed E-state index contributed by atoms with van der Waals surface area (Å²) in [6.45, 7) is 14.7. The standard InChI is InChI=1S/C31H38NO2.C28H32NO2.2BrH/c1-25-9-6-11-27(23-25)31(33,28-12-7-10-26(2)24-28)30-15-19-32(20-16-30,21-17-30)18-8-22-34-29-13-4-3-5-14-29;30-28(24-10-4-1-5-11-24,25-12-6-2-7-13-25)27-16-19-29(20-17-27,21-18-27)22-23-31-26-14-8-3-9-15-26;;/h3-7,9-14,23-24,33H,8,15-22H2,1-2H3;1-15,30H,16-23H2;2*1H/q2*+1;;/p-2. The molecule has 0 spiro atoms. The molecular formula is C59H70Br2N2O4. The van der Waals surface area contributed by atoms with E-state index in [2.05, 4.69) is 86.6 Å². The smallest absolute Gasteiger partial charge is 0.137 e. The normalized spacial score (nSPS) is 24.0. The fraction of sp³-hybridized carbons (Fsp3) is 0.390. The minimum Gasteiger partial charge on any atom is -1.00 e. The second-order valence-corrected chi connectivity index (χ2v) is 20.1. The average molecular weight is 1030 g/mol. The zero-order chi connectivity index (χ0) is 44.9. The van der Waals surface area contributed by atoms with Crippen LogP contribution in [-0.4, -0.2) is 84.8 Å². The van der Waals surface area contributed by atoms with E-state index in [0.29, 0.717) is 0 Å². The molecule has 0 saturated carbocycles. The molecule has 6 aliphatic rings. The van der Waals surface area contributed by atoms with Crippen LogP contribution < -0.4 is 43.4 Å². The van der Waals surface area contributed by atoms with E-state index in [4.69, 9.17) is 9.47 Å². The molecule has 0 amide bonds. The van der Waals surface area contributed by atoms with Gasteiger partial charge in [0.1, 0.15) is 35.9 Å². The number of para-hydroxylation sites is 2. The molecule has 6 aromatic carbocycles. The maximum Gasteiger partial charge on any atom is 0.137 e. The van der Waals surface area contributed by atoms with Gasteiger partial charge in [-0.3, -0.25) is 0 Å². The van der Waals surface area contributed by atoms with Gasteiger partial charge in [0.15, 0.2) is 0 Å². The summed E-state index contributed by atoms with van der Waals surface area (Å²) in [5.74, 6) is 1.91. The number of benzene rings is 6. The molecule has 6 aromatic rings. The molecule has 0 aliphatic carbocycles. The first-order valence-corrected chi connectivity index (χ1v) is 24.4. The summed E-state index contributed by atoms with van der Waals surface area (Å²) in [6, 6.07) is 58.0. The van der Waals surface area contributed by atoms with Gasteiger partial charge in [0, 0.05) is 55.8 Å². The molecule has 354 valence electrons. The van der Waals surface area contributed by atoms with Crippen molar-refractivity contribution < 1.29 is 62.6 Å². The fourth-order valence-corrected chi connectivity index (χ4v) is 12.5. The highest BCUT2D eigenvalue weighted by Crippen LogP contribution is 2.59. The summed E-state index contributed by atoms with van der Waals surface area (Å²) < 4.78 is 14.3. The van der Waals surface area contributed by atoms with Gasteiger partial charge in [-0.1, -0.05) is 157 Å². The van der Waals surface area contributed by atoms with Crippen LogP contribution in [0.25, 0.3) is 0 Å². The lowest BCUT2D eigenvalue weighted by Gasteiger charge is -2.60. The molecule has 6 aliphatic heterocycles.